The van der Waals surface area contributed by atoms with Gasteiger partial charge < -0.3 is 0 Å². The minimum atomic E-state index is 0.708. The molecule has 0 bridgehead atoms. The van der Waals surface area contributed by atoms with Crippen LogP contribution in [0.2, 0.25) is 5.02 Å². The van der Waals surface area contributed by atoms with Crippen molar-refractivity contribution in [3.63, 3.8) is 0 Å². The molecule has 1 aliphatic heterocycles. The Morgan fingerprint density at radius 3 is 2.53 bits per heavy atom. The van der Waals surface area contributed by atoms with E-state index in [4.69, 9.17) is 11.6 Å². The Kier molecular flexibility index (Phi) is 3.33. The van der Waals surface area contributed by atoms with E-state index in [1.807, 2.05) is 36.4 Å². The predicted molar refractivity (Wildman–Crippen MR) is 80.8 cm³/mol. The summed E-state index contributed by atoms with van der Waals surface area (Å²) in [4.78, 5) is 0.779. The number of allylic oxidation sites excluding steroid dienone is 1. The molecule has 1 heterocycles. The van der Waals surface area contributed by atoms with Crippen molar-refractivity contribution in [2.45, 2.75) is 5.75 Å². The van der Waals surface area contributed by atoms with Crippen LogP contribution in [-0.2, 0) is 5.75 Å². The van der Waals surface area contributed by atoms with E-state index in [1.54, 1.807) is 11.8 Å². The van der Waals surface area contributed by atoms with Gasteiger partial charge in [-0.2, -0.15) is 5.26 Å². The number of nitrogens with zero attached hydrogens (tertiary/aromatic N) is 1. The van der Waals surface area contributed by atoms with Crippen LogP contribution in [0, 0.1) is 11.3 Å². The third kappa shape index (κ3) is 2.28. The normalized spacial score (nSPS) is 13.9. The van der Waals surface area contributed by atoms with E-state index >= 15 is 0 Å². The molecule has 0 unspecified atom stereocenters. The Labute approximate surface area is 121 Å². The second-order valence-electron chi connectivity index (χ2n) is 4.27. The number of nitriles is 1. The Morgan fingerprint density at radius 2 is 1.79 bits per heavy atom. The molecule has 0 N–H and O–H groups in total. The van der Waals surface area contributed by atoms with Crippen LogP contribution < -0.4 is 0 Å². The lowest BCUT2D eigenvalue weighted by Gasteiger charge is -2.20. The molecule has 2 aromatic carbocycles. The molecule has 0 spiro atoms. The molecule has 0 saturated carbocycles. The van der Waals surface area contributed by atoms with Crippen molar-refractivity contribution in [1.29, 1.82) is 5.26 Å². The molecule has 92 valence electrons. The van der Waals surface area contributed by atoms with Gasteiger partial charge in [0.2, 0.25) is 0 Å². The molecule has 0 fully saturated rings. The smallest absolute Gasteiger partial charge is 0.107 e. The molecule has 19 heavy (non-hydrogen) atoms. The maximum absolute atomic E-state index is 9.35. The Morgan fingerprint density at radius 1 is 1.05 bits per heavy atom. The van der Waals surface area contributed by atoms with Crippen LogP contribution in [0.25, 0.3) is 5.57 Å². The number of benzene rings is 2. The summed E-state index contributed by atoms with van der Waals surface area (Å²) in [7, 11) is 0. The topological polar surface area (TPSA) is 23.8 Å². The van der Waals surface area contributed by atoms with Gasteiger partial charge in [0, 0.05) is 16.3 Å². The molecule has 3 rings (SSSR count). The molecular formula is C16H10ClNS. The van der Waals surface area contributed by atoms with Crippen molar-refractivity contribution in [3.8, 4) is 6.07 Å². The Bertz CT molecular complexity index is 695. The molecule has 0 atom stereocenters. The van der Waals surface area contributed by atoms with Gasteiger partial charge in [0.1, 0.15) is 6.07 Å². The minimum absolute atomic E-state index is 0.708. The van der Waals surface area contributed by atoms with Crippen LogP contribution in [0.5, 0.6) is 0 Å². The highest BCUT2D eigenvalue weighted by Crippen LogP contribution is 2.40. The van der Waals surface area contributed by atoms with Gasteiger partial charge in [-0.25, -0.2) is 0 Å². The van der Waals surface area contributed by atoms with E-state index in [-0.39, 0.29) is 0 Å². The minimum Gasteiger partial charge on any atom is -0.192 e. The molecule has 2 aromatic rings. The highest BCUT2D eigenvalue weighted by molar-refractivity contribution is 8.02. The third-order valence-corrected chi connectivity index (χ3v) is 4.41. The van der Waals surface area contributed by atoms with Gasteiger partial charge in [-0.05, 0) is 28.8 Å². The molecule has 0 aromatic heterocycles. The van der Waals surface area contributed by atoms with Crippen LogP contribution in [0.4, 0.5) is 0 Å². The molecule has 1 aliphatic rings. The van der Waals surface area contributed by atoms with Crippen molar-refractivity contribution in [3.05, 3.63) is 75.1 Å². The molecule has 0 aliphatic carbocycles. The largest absolute Gasteiger partial charge is 0.192 e. The third-order valence-electron chi connectivity index (χ3n) is 3.12. The van der Waals surface area contributed by atoms with E-state index in [2.05, 4.69) is 18.2 Å². The first-order chi connectivity index (χ1) is 9.29. The second-order valence-corrected chi connectivity index (χ2v) is 5.69. The summed E-state index contributed by atoms with van der Waals surface area (Å²) in [5.74, 6) is 0.857. The van der Waals surface area contributed by atoms with Crippen molar-refractivity contribution >= 4 is 28.9 Å². The highest BCUT2D eigenvalue weighted by atomic mass is 35.5. The molecular weight excluding hydrogens is 274 g/mol. The van der Waals surface area contributed by atoms with Crippen molar-refractivity contribution in [2.75, 3.05) is 0 Å². The fraction of sp³-hybridized carbons (Fsp3) is 0.0625. The first-order valence-electron chi connectivity index (χ1n) is 5.91. The summed E-state index contributed by atoms with van der Waals surface area (Å²) in [5, 5.41) is 10.1. The summed E-state index contributed by atoms with van der Waals surface area (Å²) in [6, 6.07) is 18.2. The standard InChI is InChI=1S/C16H10ClNS/c17-13-7-5-11(6-8-13)16-14-4-2-1-3-12(14)10-19-15(16)9-18/h1-8H,10H2. The summed E-state index contributed by atoms with van der Waals surface area (Å²) < 4.78 is 0. The Hall–Kier alpha value is -1.69. The fourth-order valence-electron chi connectivity index (χ4n) is 2.23. The van der Waals surface area contributed by atoms with E-state index in [1.165, 1.54) is 5.56 Å². The average molecular weight is 284 g/mol. The van der Waals surface area contributed by atoms with E-state index in [9.17, 15) is 5.26 Å². The van der Waals surface area contributed by atoms with Crippen LogP contribution >= 0.6 is 23.4 Å². The van der Waals surface area contributed by atoms with E-state index < -0.39 is 0 Å². The second kappa shape index (κ2) is 5.13. The van der Waals surface area contributed by atoms with Crippen LogP contribution in [0.15, 0.2) is 53.4 Å². The van der Waals surface area contributed by atoms with Crippen molar-refractivity contribution in [2.24, 2.45) is 0 Å². The number of rotatable bonds is 1. The first kappa shape index (κ1) is 12.3. The van der Waals surface area contributed by atoms with E-state index in [0.717, 1.165) is 27.4 Å². The quantitative estimate of drug-likeness (QED) is 0.745. The van der Waals surface area contributed by atoms with Gasteiger partial charge >= 0.3 is 0 Å². The van der Waals surface area contributed by atoms with Crippen LogP contribution in [0.1, 0.15) is 16.7 Å². The monoisotopic (exact) mass is 283 g/mol. The Balaban J connectivity index is 2.23. The van der Waals surface area contributed by atoms with Crippen molar-refractivity contribution < 1.29 is 0 Å². The number of thioether (sulfide) groups is 1. The summed E-state index contributed by atoms with van der Waals surface area (Å²) in [6.07, 6.45) is 0. The fourth-order valence-corrected chi connectivity index (χ4v) is 3.34. The molecule has 1 nitrogen and oxygen atoms in total. The van der Waals surface area contributed by atoms with Gasteiger partial charge in [-0.1, -0.05) is 48.0 Å². The molecule has 0 saturated heterocycles. The maximum atomic E-state index is 9.35. The lowest BCUT2D eigenvalue weighted by atomic mass is 9.94. The summed E-state index contributed by atoms with van der Waals surface area (Å²) in [5.41, 5.74) is 4.49. The molecule has 0 amide bonds. The van der Waals surface area contributed by atoms with Gasteiger partial charge in [-0.15, -0.1) is 11.8 Å². The van der Waals surface area contributed by atoms with Crippen LogP contribution in [0.3, 0.4) is 0 Å². The summed E-state index contributed by atoms with van der Waals surface area (Å²) >= 11 is 7.53. The number of hydrogen-bond donors (Lipinski definition) is 0. The lowest BCUT2D eigenvalue weighted by molar-refractivity contribution is 1.35. The average Bonchev–Trinajstić information content (AvgIpc) is 2.47. The van der Waals surface area contributed by atoms with Gasteiger partial charge in [-0.3, -0.25) is 0 Å². The van der Waals surface area contributed by atoms with E-state index in [0.29, 0.717) is 5.02 Å². The summed E-state index contributed by atoms with van der Waals surface area (Å²) in [6.45, 7) is 0. The zero-order valence-corrected chi connectivity index (χ0v) is 11.6. The highest BCUT2D eigenvalue weighted by Gasteiger charge is 2.20. The first-order valence-corrected chi connectivity index (χ1v) is 7.27. The zero-order chi connectivity index (χ0) is 13.2. The number of fused-ring (bicyclic) bond motifs is 1. The van der Waals surface area contributed by atoms with Gasteiger partial charge in [0.05, 0.1) is 4.91 Å². The van der Waals surface area contributed by atoms with Crippen LogP contribution in [-0.4, -0.2) is 0 Å². The predicted octanol–water partition coefficient (Wildman–Crippen LogP) is 4.87. The number of halogens is 1. The SMILES string of the molecule is N#CC1=C(c2ccc(Cl)cc2)c2ccccc2CS1. The lowest BCUT2D eigenvalue weighted by Crippen LogP contribution is -2.01. The molecule has 0 radical (unpaired) electrons. The van der Waals surface area contributed by atoms with Gasteiger partial charge in [0.15, 0.2) is 0 Å². The molecule has 3 heteroatoms. The van der Waals surface area contributed by atoms with Gasteiger partial charge in [0.25, 0.3) is 0 Å². The zero-order valence-electron chi connectivity index (χ0n) is 10.1. The van der Waals surface area contributed by atoms with Crippen molar-refractivity contribution in [1.82, 2.24) is 0 Å². The number of hydrogen-bond acceptors (Lipinski definition) is 2. The maximum Gasteiger partial charge on any atom is 0.107 e.